The fourth-order valence-electron chi connectivity index (χ4n) is 3.19. The Labute approximate surface area is 181 Å². The Bertz CT molecular complexity index is 1340. The van der Waals surface area contributed by atoms with Crippen LogP contribution in [-0.2, 0) is 12.3 Å². The smallest absolute Gasteiger partial charge is 0.262 e. The molecule has 5 rings (SSSR count). The molecule has 0 radical (unpaired) electrons. The molecule has 0 unspecified atom stereocenters. The van der Waals surface area contributed by atoms with Crippen molar-refractivity contribution < 1.29 is 4.42 Å². The van der Waals surface area contributed by atoms with Crippen molar-refractivity contribution in [3.63, 3.8) is 0 Å². The lowest BCUT2D eigenvalue weighted by atomic mass is 10.2. The Morgan fingerprint density at radius 3 is 2.63 bits per heavy atom. The molecule has 0 aliphatic rings. The Kier molecular flexibility index (Phi) is 5.21. The SMILES string of the molecule is O=c1c2ccccc2nc(SCc2coc(-c3cccs3)n2)n1Cc1ccccc1. The van der Waals surface area contributed by atoms with E-state index in [0.717, 1.165) is 16.1 Å². The van der Waals surface area contributed by atoms with Crippen molar-refractivity contribution in [2.45, 2.75) is 17.5 Å². The molecule has 0 fully saturated rings. The predicted molar refractivity (Wildman–Crippen MR) is 121 cm³/mol. The van der Waals surface area contributed by atoms with Crippen LogP contribution in [0.15, 0.2) is 92.7 Å². The largest absolute Gasteiger partial charge is 0.444 e. The molecule has 0 saturated carbocycles. The number of aromatic nitrogens is 3. The van der Waals surface area contributed by atoms with Gasteiger partial charge in [0.25, 0.3) is 5.56 Å². The van der Waals surface area contributed by atoms with Crippen molar-refractivity contribution >= 4 is 34.0 Å². The van der Waals surface area contributed by atoms with Gasteiger partial charge in [0.15, 0.2) is 5.16 Å². The average molecular weight is 432 g/mol. The van der Waals surface area contributed by atoms with Gasteiger partial charge in [-0.05, 0) is 29.1 Å². The van der Waals surface area contributed by atoms with Crippen molar-refractivity contribution in [2.75, 3.05) is 0 Å². The summed E-state index contributed by atoms with van der Waals surface area (Å²) in [5, 5.41) is 3.29. The molecule has 5 nitrogen and oxygen atoms in total. The number of fused-ring (bicyclic) bond motifs is 1. The molecule has 0 atom stereocenters. The Balaban J connectivity index is 1.48. The highest BCUT2D eigenvalue weighted by Gasteiger charge is 2.14. The Morgan fingerprint density at radius 1 is 0.967 bits per heavy atom. The monoisotopic (exact) mass is 431 g/mol. The first kappa shape index (κ1) is 18.8. The van der Waals surface area contributed by atoms with Gasteiger partial charge in [0, 0.05) is 5.75 Å². The topological polar surface area (TPSA) is 60.9 Å². The molecule has 0 amide bonds. The number of oxazole rings is 1. The third-order valence-corrected chi connectivity index (χ3v) is 6.51. The maximum atomic E-state index is 13.2. The highest BCUT2D eigenvalue weighted by atomic mass is 32.2. The number of hydrogen-bond donors (Lipinski definition) is 0. The normalized spacial score (nSPS) is 11.2. The van der Waals surface area contributed by atoms with Crippen LogP contribution in [0.5, 0.6) is 0 Å². The van der Waals surface area contributed by atoms with Gasteiger partial charge in [-0.2, -0.15) is 0 Å². The molecule has 0 aliphatic heterocycles. The maximum absolute atomic E-state index is 13.2. The van der Waals surface area contributed by atoms with Crippen molar-refractivity contribution in [2.24, 2.45) is 0 Å². The average Bonchev–Trinajstić information content (AvgIpc) is 3.47. The van der Waals surface area contributed by atoms with Crippen LogP contribution in [-0.4, -0.2) is 14.5 Å². The Morgan fingerprint density at radius 2 is 1.80 bits per heavy atom. The van der Waals surface area contributed by atoms with E-state index in [1.807, 2.05) is 72.1 Å². The molecule has 30 heavy (non-hydrogen) atoms. The Hall–Kier alpha value is -3.16. The minimum absolute atomic E-state index is 0.0358. The fourth-order valence-corrected chi connectivity index (χ4v) is 4.72. The van der Waals surface area contributed by atoms with E-state index in [0.29, 0.717) is 34.2 Å². The summed E-state index contributed by atoms with van der Waals surface area (Å²) >= 11 is 3.08. The summed E-state index contributed by atoms with van der Waals surface area (Å²) in [7, 11) is 0. The highest BCUT2D eigenvalue weighted by Crippen LogP contribution is 2.27. The zero-order valence-electron chi connectivity index (χ0n) is 15.9. The van der Waals surface area contributed by atoms with Crippen LogP contribution in [0.3, 0.4) is 0 Å². The molecule has 0 aliphatic carbocycles. The molecule has 3 aromatic heterocycles. The number of para-hydroxylation sites is 1. The second-order valence-electron chi connectivity index (χ2n) is 6.70. The third kappa shape index (κ3) is 3.81. The van der Waals surface area contributed by atoms with E-state index < -0.39 is 0 Å². The highest BCUT2D eigenvalue weighted by molar-refractivity contribution is 7.98. The molecule has 7 heteroatoms. The summed E-state index contributed by atoms with van der Waals surface area (Å²) in [6, 6.07) is 21.4. The second-order valence-corrected chi connectivity index (χ2v) is 8.59. The number of thiophene rings is 1. The molecule has 3 heterocycles. The summed E-state index contributed by atoms with van der Waals surface area (Å²) < 4.78 is 7.35. The molecule has 0 saturated heterocycles. The molecule has 0 N–H and O–H groups in total. The van der Waals surface area contributed by atoms with Gasteiger partial charge in [0.05, 0.1) is 28.0 Å². The maximum Gasteiger partial charge on any atom is 0.262 e. The quantitative estimate of drug-likeness (QED) is 0.264. The zero-order chi connectivity index (χ0) is 20.3. The minimum atomic E-state index is -0.0358. The summed E-state index contributed by atoms with van der Waals surface area (Å²) in [5.74, 6) is 1.18. The third-order valence-electron chi connectivity index (χ3n) is 4.64. The van der Waals surface area contributed by atoms with Crippen LogP contribution < -0.4 is 5.56 Å². The molecule has 0 bridgehead atoms. The van der Waals surface area contributed by atoms with E-state index in [9.17, 15) is 4.79 Å². The van der Waals surface area contributed by atoms with Gasteiger partial charge in [0.2, 0.25) is 5.89 Å². The van der Waals surface area contributed by atoms with Crippen molar-refractivity contribution in [1.82, 2.24) is 14.5 Å². The molecular weight excluding hydrogens is 414 g/mol. The van der Waals surface area contributed by atoms with Crippen molar-refractivity contribution in [3.05, 3.63) is 100.0 Å². The molecular formula is C23H17N3O2S2. The summed E-state index contributed by atoms with van der Waals surface area (Å²) in [4.78, 5) is 23.5. The lowest BCUT2D eigenvalue weighted by molar-refractivity contribution is 0.575. The summed E-state index contributed by atoms with van der Waals surface area (Å²) in [5.41, 5.74) is 2.54. The van der Waals surface area contributed by atoms with Gasteiger partial charge >= 0.3 is 0 Å². The second kappa shape index (κ2) is 8.30. The van der Waals surface area contributed by atoms with E-state index in [-0.39, 0.29) is 5.56 Å². The summed E-state index contributed by atoms with van der Waals surface area (Å²) in [6.45, 7) is 0.471. The van der Waals surface area contributed by atoms with E-state index in [2.05, 4.69) is 4.98 Å². The molecule has 148 valence electrons. The van der Waals surface area contributed by atoms with Crippen LogP contribution in [0.1, 0.15) is 11.3 Å². The van der Waals surface area contributed by atoms with Gasteiger partial charge in [-0.25, -0.2) is 9.97 Å². The van der Waals surface area contributed by atoms with E-state index >= 15 is 0 Å². The van der Waals surface area contributed by atoms with E-state index in [1.165, 1.54) is 11.8 Å². The lowest BCUT2D eigenvalue weighted by Crippen LogP contribution is -2.24. The fraction of sp³-hybridized carbons (Fsp3) is 0.0870. The number of nitrogens with zero attached hydrogens (tertiary/aromatic N) is 3. The van der Waals surface area contributed by atoms with Crippen molar-refractivity contribution in [1.29, 1.82) is 0 Å². The number of hydrogen-bond acceptors (Lipinski definition) is 6. The van der Waals surface area contributed by atoms with Gasteiger partial charge in [-0.1, -0.05) is 60.3 Å². The summed E-state index contributed by atoms with van der Waals surface area (Å²) in [6.07, 6.45) is 1.67. The van der Waals surface area contributed by atoms with E-state index in [1.54, 1.807) is 22.2 Å². The van der Waals surface area contributed by atoms with Crippen LogP contribution in [0.4, 0.5) is 0 Å². The van der Waals surface area contributed by atoms with Crippen LogP contribution >= 0.6 is 23.1 Å². The number of thioether (sulfide) groups is 1. The zero-order valence-corrected chi connectivity index (χ0v) is 17.5. The predicted octanol–water partition coefficient (Wildman–Crippen LogP) is 5.45. The van der Waals surface area contributed by atoms with Gasteiger partial charge in [-0.15, -0.1) is 11.3 Å². The first-order valence-corrected chi connectivity index (χ1v) is 11.3. The van der Waals surface area contributed by atoms with Crippen LogP contribution in [0.25, 0.3) is 21.7 Å². The van der Waals surface area contributed by atoms with Gasteiger partial charge in [0.1, 0.15) is 6.26 Å². The van der Waals surface area contributed by atoms with Gasteiger partial charge in [-0.3, -0.25) is 9.36 Å². The van der Waals surface area contributed by atoms with Crippen LogP contribution in [0.2, 0.25) is 0 Å². The minimum Gasteiger partial charge on any atom is -0.444 e. The number of rotatable bonds is 6. The molecule has 0 spiro atoms. The number of benzene rings is 2. The van der Waals surface area contributed by atoms with Crippen LogP contribution in [0, 0.1) is 0 Å². The lowest BCUT2D eigenvalue weighted by Gasteiger charge is -2.13. The van der Waals surface area contributed by atoms with Gasteiger partial charge < -0.3 is 4.42 Å². The standard InChI is InChI=1S/C23H17N3O2S2/c27-22-18-9-4-5-10-19(18)25-23(26(22)13-16-7-2-1-3-8-16)30-15-17-14-28-21(24-17)20-11-6-12-29-20/h1-12,14H,13,15H2. The first-order chi connectivity index (χ1) is 14.8. The molecule has 5 aromatic rings. The van der Waals surface area contributed by atoms with Crippen molar-refractivity contribution in [3.8, 4) is 10.8 Å². The first-order valence-electron chi connectivity index (χ1n) is 9.42. The molecule has 2 aromatic carbocycles. The van der Waals surface area contributed by atoms with E-state index in [4.69, 9.17) is 9.40 Å².